The summed E-state index contributed by atoms with van der Waals surface area (Å²) in [4.78, 5) is 0. The molecule has 0 radical (unpaired) electrons. The fourth-order valence-electron chi connectivity index (χ4n) is 3.03. The minimum absolute atomic E-state index is 0.106. The van der Waals surface area contributed by atoms with Gasteiger partial charge in [-0.25, -0.2) is 0 Å². The molecule has 1 saturated heterocycles. The second-order valence-corrected chi connectivity index (χ2v) is 5.45. The van der Waals surface area contributed by atoms with Gasteiger partial charge >= 0.3 is 0 Å². The molecule has 3 N–H and O–H groups in total. The van der Waals surface area contributed by atoms with E-state index in [1.165, 1.54) is 0 Å². The highest BCUT2D eigenvalue weighted by atomic mass is 16.5. The molecule has 1 heterocycles. The number of aliphatic hydroxyl groups is 1. The highest BCUT2D eigenvalue weighted by molar-refractivity contribution is 4.95. The summed E-state index contributed by atoms with van der Waals surface area (Å²) in [5.41, 5.74) is 5.85. The lowest BCUT2D eigenvalue weighted by molar-refractivity contribution is -0.0373. The fraction of sp³-hybridized carbons (Fsp3) is 1.00. The number of aliphatic hydroxyl groups excluding tert-OH is 1. The first kappa shape index (κ1) is 13.3. The normalized spacial score (nSPS) is 35.3. The lowest BCUT2D eigenvalue weighted by atomic mass is 9.87. The van der Waals surface area contributed by atoms with Crippen molar-refractivity contribution in [3.63, 3.8) is 0 Å². The Balaban J connectivity index is 1.67. The third-order valence-corrected chi connectivity index (χ3v) is 4.29. The van der Waals surface area contributed by atoms with Crippen molar-refractivity contribution in [1.29, 1.82) is 0 Å². The fourth-order valence-corrected chi connectivity index (χ4v) is 3.03. The molecule has 0 aromatic rings. The second kappa shape index (κ2) is 6.14. The zero-order valence-electron chi connectivity index (χ0n) is 10.6. The highest BCUT2D eigenvalue weighted by Crippen LogP contribution is 2.35. The molecule has 2 aliphatic rings. The van der Waals surface area contributed by atoms with Crippen LogP contribution in [0.1, 0.15) is 38.5 Å². The minimum Gasteiger partial charge on any atom is -0.394 e. The van der Waals surface area contributed by atoms with E-state index in [1.807, 2.05) is 0 Å². The van der Waals surface area contributed by atoms with Crippen LogP contribution >= 0.6 is 0 Å². The summed E-state index contributed by atoms with van der Waals surface area (Å²) in [5.74, 6) is 0.423. The summed E-state index contributed by atoms with van der Waals surface area (Å²) >= 11 is 0. The third kappa shape index (κ3) is 3.41. The van der Waals surface area contributed by atoms with Gasteiger partial charge in [-0.2, -0.15) is 0 Å². The molecule has 0 aromatic heterocycles. The van der Waals surface area contributed by atoms with Crippen molar-refractivity contribution in [3.8, 4) is 0 Å². The summed E-state index contributed by atoms with van der Waals surface area (Å²) in [6.45, 7) is 2.53. The van der Waals surface area contributed by atoms with E-state index in [-0.39, 0.29) is 12.1 Å². The molecule has 2 fully saturated rings. The van der Waals surface area contributed by atoms with Crippen molar-refractivity contribution in [2.75, 3.05) is 26.4 Å². The molecule has 0 spiro atoms. The number of nitrogens with two attached hydrogens (primary N) is 1. The van der Waals surface area contributed by atoms with Crippen LogP contribution < -0.4 is 5.73 Å². The van der Waals surface area contributed by atoms with Crippen LogP contribution in [0.4, 0.5) is 0 Å². The molecule has 2 rings (SSSR count). The Morgan fingerprint density at radius 3 is 2.76 bits per heavy atom. The largest absolute Gasteiger partial charge is 0.394 e. The molecule has 17 heavy (non-hydrogen) atoms. The molecule has 0 aromatic carbocycles. The van der Waals surface area contributed by atoms with E-state index in [0.29, 0.717) is 12.0 Å². The second-order valence-electron chi connectivity index (χ2n) is 5.45. The lowest BCUT2D eigenvalue weighted by Crippen LogP contribution is -2.47. The highest BCUT2D eigenvalue weighted by Gasteiger charge is 2.38. The van der Waals surface area contributed by atoms with Crippen LogP contribution in [0.5, 0.6) is 0 Å². The van der Waals surface area contributed by atoms with E-state index in [2.05, 4.69) is 0 Å². The van der Waals surface area contributed by atoms with Crippen molar-refractivity contribution >= 4 is 0 Å². The number of ether oxygens (including phenoxy) is 2. The number of rotatable bonds is 5. The molecule has 100 valence electrons. The topological polar surface area (TPSA) is 64.7 Å². The summed E-state index contributed by atoms with van der Waals surface area (Å²) in [5, 5.41) is 9.36. The van der Waals surface area contributed by atoms with Gasteiger partial charge in [0.1, 0.15) is 0 Å². The molecular formula is C13H25NO3. The monoisotopic (exact) mass is 243 g/mol. The zero-order chi connectivity index (χ0) is 12.1. The van der Waals surface area contributed by atoms with Gasteiger partial charge in [-0.15, -0.1) is 0 Å². The Kier molecular flexibility index (Phi) is 4.79. The predicted molar refractivity (Wildman–Crippen MR) is 65.8 cm³/mol. The average Bonchev–Trinajstić information content (AvgIpc) is 2.73. The molecule has 0 bridgehead atoms. The van der Waals surface area contributed by atoms with E-state index < -0.39 is 0 Å². The first-order chi connectivity index (χ1) is 8.24. The molecule has 1 aliphatic carbocycles. The van der Waals surface area contributed by atoms with Gasteiger partial charge in [0.15, 0.2) is 0 Å². The van der Waals surface area contributed by atoms with Crippen LogP contribution in [0.25, 0.3) is 0 Å². The third-order valence-electron chi connectivity index (χ3n) is 4.29. The smallest absolute Gasteiger partial charge is 0.0619 e. The zero-order valence-corrected chi connectivity index (χ0v) is 10.6. The summed E-state index contributed by atoms with van der Waals surface area (Å²) in [7, 11) is 0. The molecule has 1 aliphatic heterocycles. The number of hydrogen-bond donors (Lipinski definition) is 2. The van der Waals surface area contributed by atoms with Crippen molar-refractivity contribution in [1.82, 2.24) is 0 Å². The van der Waals surface area contributed by atoms with Gasteiger partial charge < -0.3 is 20.3 Å². The number of hydrogen-bond acceptors (Lipinski definition) is 4. The maximum atomic E-state index is 9.36. The van der Waals surface area contributed by atoms with Crippen molar-refractivity contribution in [3.05, 3.63) is 0 Å². The Bertz CT molecular complexity index is 231. The molecule has 2 atom stereocenters. The van der Waals surface area contributed by atoms with E-state index in [4.69, 9.17) is 15.2 Å². The average molecular weight is 243 g/mol. The van der Waals surface area contributed by atoms with E-state index >= 15 is 0 Å². The summed E-state index contributed by atoms with van der Waals surface area (Å²) in [6.07, 6.45) is 6.59. The van der Waals surface area contributed by atoms with Gasteiger partial charge in [0, 0.05) is 25.4 Å². The first-order valence-electron chi connectivity index (χ1n) is 6.84. The van der Waals surface area contributed by atoms with Gasteiger partial charge in [0.05, 0.1) is 12.7 Å². The Hall–Kier alpha value is -0.160. The minimum atomic E-state index is -0.348. The Morgan fingerprint density at radius 2 is 2.06 bits per heavy atom. The standard InChI is InChI=1S/C13H25NO3/c14-13(10-15)6-1-2-11(13)3-9-17-12-4-7-16-8-5-12/h11-12,15H,1-10,14H2. The maximum Gasteiger partial charge on any atom is 0.0619 e. The van der Waals surface area contributed by atoms with E-state index in [9.17, 15) is 5.11 Å². The van der Waals surface area contributed by atoms with Crippen LogP contribution in [0.2, 0.25) is 0 Å². The molecule has 0 amide bonds. The SMILES string of the molecule is NC1(CO)CCCC1CCOC1CCOCC1. The van der Waals surface area contributed by atoms with Crippen molar-refractivity contribution in [2.24, 2.45) is 11.7 Å². The van der Waals surface area contributed by atoms with Crippen molar-refractivity contribution in [2.45, 2.75) is 50.2 Å². The van der Waals surface area contributed by atoms with Crippen LogP contribution in [-0.2, 0) is 9.47 Å². The summed E-state index contributed by atoms with van der Waals surface area (Å²) in [6, 6.07) is 0. The van der Waals surface area contributed by atoms with Gasteiger partial charge in [0.25, 0.3) is 0 Å². The summed E-state index contributed by atoms with van der Waals surface area (Å²) < 4.78 is 11.2. The molecule has 1 saturated carbocycles. The molecule has 2 unspecified atom stereocenters. The quantitative estimate of drug-likeness (QED) is 0.758. The Morgan fingerprint density at radius 1 is 1.29 bits per heavy atom. The van der Waals surface area contributed by atoms with Gasteiger partial charge in [-0.3, -0.25) is 0 Å². The van der Waals surface area contributed by atoms with Gasteiger partial charge in [0.2, 0.25) is 0 Å². The molecular weight excluding hydrogens is 218 g/mol. The van der Waals surface area contributed by atoms with Crippen molar-refractivity contribution < 1.29 is 14.6 Å². The molecule has 4 nitrogen and oxygen atoms in total. The van der Waals surface area contributed by atoms with Crippen LogP contribution in [0, 0.1) is 5.92 Å². The Labute approximate surface area is 103 Å². The first-order valence-corrected chi connectivity index (χ1v) is 6.84. The van der Waals surface area contributed by atoms with Gasteiger partial charge in [-0.1, -0.05) is 6.42 Å². The van der Waals surface area contributed by atoms with Gasteiger partial charge in [-0.05, 0) is 38.0 Å². The van der Waals surface area contributed by atoms with Crippen LogP contribution in [0.3, 0.4) is 0 Å². The van der Waals surface area contributed by atoms with E-state index in [0.717, 1.165) is 58.3 Å². The van der Waals surface area contributed by atoms with Crippen LogP contribution in [0.15, 0.2) is 0 Å². The van der Waals surface area contributed by atoms with Crippen LogP contribution in [-0.4, -0.2) is 43.2 Å². The lowest BCUT2D eigenvalue weighted by Gasteiger charge is -2.30. The van der Waals surface area contributed by atoms with E-state index in [1.54, 1.807) is 0 Å². The maximum absolute atomic E-state index is 9.36. The molecule has 4 heteroatoms. The predicted octanol–water partition coefficient (Wildman–Crippen LogP) is 1.06.